The number of nitrogens with zero attached hydrogens (tertiary/aromatic N) is 1. The Hall–Kier alpha value is -0.380. The van der Waals surface area contributed by atoms with Crippen molar-refractivity contribution in [2.45, 2.75) is 26.3 Å². The molecule has 15 heavy (non-hydrogen) atoms. The molecule has 0 aromatic carbocycles. The Kier molecular flexibility index (Phi) is 3.78. The van der Waals surface area contributed by atoms with Crippen LogP contribution in [0.15, 0.2) is 12.1 Å². The second-order valence-electron chi connectivity index (χ2n) is 4.35. The monoisotopic (exact) mass is 224 g/mol. The first-order valence-corrected chi connectivity index (χ1v) is 6.63. The van der Waals surface area contributed by atoms with Crippen LogP contribution in [0.4, 0.5) is 0 Å². The largest absolute Gasteiger partial charge is 0.330 e. The van der Waals surface area contributed by atoms with Crippen LogP contribution in [0.1, 0.15) is 23.1 Å². The van der Waals surface area contributed by atoms with Crippen molar-refractivity contribution in [3.05, 3.63) is 21.9 Å². The minimum absolute atomic E-state index is 0.732. The molecule has 1 aliphatic rings. The second kappa shape index (κ2) is 5.10. The molecule has 0 amide bonds. The molecular formula is C12H20N2S. The van der Waals surface area contributed by atoms with Crippen LogP contribution in [-0.4, -0.2) is 24.5 Å². The van der Waals surface area contributed by atoms with Crippen molar-refractivity contribution in [2.24, 2.45) is 11.7 Å². The summed E-state index contributed by atoms with van der Waals surface area (Å²) in [5, 5.41) is 0. The Balaban J connectivity index is 1.87. The Morgan fingerprint density at radius 2 is 2.27 bits per heavy atom. The molecular weight excluding hydrogens is 204 g/mol. The zero-order chi connectivity index (χ0) is 10.7. The van der Waals surface area contributed by atoms with Gasteiger partial charge in [-0.05, 0) is 44.0 Å². The van der Waals surface area contributed by atoms with E-state index in [1.54, 1.807) is 0 Å². The van der Waals surface area contributed by atoms with Gasteiger partial charge in [0.2, 0.25) is 0 Å². The Morgan fingerprint density at radius 1 is 1.47 bits per heavy atom. The van der Waals surface area contributed by atoms with E-state index in [1.807, 2.05) is 11.3 Å². The summed E-state index contributed by atoms with van der Waals surface area (Å²) in [6.45, 7) is 6.61. The average molecular weight is 224 g/mol. The van der Waals surface area contributed by atoms with Crippen molar-refractivity contribution in [3.8, 4) is 0 Å². The van der Waals surface area contributed by atoms with Gasteiger partial charge >= 0.3 is 0 Å². The van der Waals surface area contributed by atoms with Gasteiger partial charge in [-0.15, -0.1) is 11.3 Å². The van der Waals surface area contributed by atoms with E-state index >= 15 is 0 Å². The van der Waals surface area contributed by atoms with Crippen molar-refractivity contribution in [1.82, 2.24) is 4.90 Å². The van der Waals surface area contributed by atoms with Crippen LogP contribution in [0.2, 0.25) is 0 Å². The van der Waals surface area contributed by atoms with Gasteiger partial charge in [-0.1, -0.05) is 6.92 Å². The number of hydrogen-bond donors (Lipinski definition) is 1. The average Bonchev–Trinajstić information content (AvgIpc) is 2.87. The molecule has 2 nitrogen and oxygen atoms in total. The topological polar surface area (TPSA) is 29.3 Å². The van der Waals surface area contributed by atoms with Crippen LogP contribution >= 0.6 is 11.3 Å². The van der Waals surface area contributed by atoms with Gasteiger partial charge in [-0.25, -0.2) is 0 Å². The number of likely N-dealkylation sites (tertiary alicyclic amines) is 1. The summed E-state index contributed by atoms with van der Waals surface area (Å²) in [5.41, 5.74) is 5.69. The third-order valence-electron chi connectivity index (χ3n) is 3.15. The summed E-state index contributed by atoms with van der Waals surface area (Å²) in [6, 6.07) is 4.54. The van der Waals surface area contributed by atoms with Gasteiger partial charge in [-0.2, -0.15) is 0 Å². The summed E-state index contributed by atoms with van der Waals surface area (Å²) in [7, 11) is 0. The van der Waals surface area contributed by atoms with E-state index in [-0.39, 0.29) is 0 Å². The maximum Gasteiger partial charge on any atom is 0.0328 e. The molecule has 1 aromatic rings. The maximum absolute atomic E-state index is 5.69. The molecule has 1 atom stereocenters. The molecule has 0 saturated carbocycles. The minimum atomic E-state index is 0.732. The summed E-state index contributed by atoms with van der Waals surface area (Å²) in [4.78, 5) is 5.53. The lowest BCUT2D eigenvalue weighted by atomic mass is 10.1. The normalized spacial score (nSPS) is 22.4. The molecule has 1 aromatic heterocycles. The van der Waals surface area contributed by atoms with E-state index in [0.29, 0.717) is 0 Å². The highest BCUT2D eigenvalue weighted by molar-refractivity contribution is 7.11. The summed E-state index contributed by atoms with van der Waals surface area (Å²) < 4.78 is 0. The lowest BCUT2D eigenvalue weighted by Gasteiger charge is -2.13. The Morgan fingerprint density at radius 3 is 2.87 bits per heavy atom. The lowest BCUT2D eigenvalue weighted by Crippen LogP contribution is -2.22. The summed E-state index contributed by atoms with van der Waals surface area (Å²) >= 11 is 1.96. The van der Waals surface area contributed by atoms with Gasteiger partial charge in [0.05, 0.1) is 0 Å². The summed E-state index contributed by atoms with van der Waals surface area (Å²) in [5.74, 6) is 0.732. The van der Waals surface area contributed by atoms with Gasteiger partial charge in [0, 0.05) is 22.8 Å². The van der Waals surface area contributed by atoms with Crippen molar-refractivity contribution < 1.29 is 0 Å². The molecule has 1 saturated heterocycles. The molecule has 2 rings (SSSR count). The van der Waals surface area contributed by atoms with Crippen LogP contribution in [-0.2, 0) is 13.0 Å². The fourth-order valence-electron chi connectivity index (χ4n) is 2.17. The molecule has 0 aliphatic carbocycles. The van der Waals surface area contributed by atoms with Crippen LogP contribution in [0.5, 0.6) is 0 Å². The van der Waals surface area contributed by atoms with Crippen molar-refractivity contribution in [3.63, 3.8) is 0 Å². The molecule has 0 spiro atoms. The predicted octanol–water partition coefficient (Wildman–Crippen LogP) is 2.09. The molecule has 1 aliphatic heterocycles. The molecule has 3 heteroatoms. The van der Waals surface area contributed by atoms with E-state index in [9.17, 15) is 0 Å². The second-order valence-corrected chi connectivity index (χ2v) is 5.60. The Labute approximate surface area is 96.1 Å². The zero-order valence-electron chi connectivity index (χ0n) is 9.41. The van der Waals surface area contributed by atoms with E-state index in [4.69, 9.17) is 5.73 Å². The number of aryl methyl sites for hydroxylation is 1. The number of rotatable bonds is 4. The molecule has 0 bridgehead atoms. The van der Waals surface area contributed by atoms with Gasteiger partial charge in [-0.3, -0.25) is 4.90 Å². The van der Waals surface area contributed by atoms with Crippen LogP contribution < -0.4 is 5.73 Å². The van der Waals surface area contributed by atoms with E-state index in [1.165, 1.54) is 29.3 Å². The zero-order valence-corrected chi connectivity index (χ0v) is 10.2. The summed E-state index contributed by atoms with van der Waals surface area (Å²) in [6.07, 6.45) is 2.44. The fourth-order valence-corrected chi connectivity index (χ4v) is 3.17. The highest BCUT2D eigenvalue weighted by atomic mass is 32.1. The van der Waals surface area contributed by atoms with E-state index in [0.717, 1.165) is 25.4 Å². The van der Waals surface area contributed by atoms with Crippen molar-refractivity contribution in [1.29, 1.82) is 0 Å². The van der Waals surface area contributed by atoms with Crippen molar-refractivity contribution >= 4 is 11.3 Å². The predicted molar refractivity (Wildman–Crippen MR) is 66.1 cm³/mol. The fraction of sp³-hybridized carbons (Fsp3) is 0.667. The van der Waals surface area contributed by atoms with Crippen LogP contribution in [0.25, 0.3) is 0 Å². The highest BCUT2D eigenvalue weighted by Crippen LogP contribution is 2.22. The number of nitrogens with two attached hydrogens (primary N) is 1. The molecule has 84 valence electrons. The van der Waals surface area contributed by atoms with Crippen LogP contribution in [0.3, 0.4) is 0 Å². The van der Waals surface area contributed by atoms with E-state index < -0.39 is 0 Å². The molecule has 1 unspecified atom stereocenters. The SMILES string of the molecule is CCc1ccc(CN2CCC(CN)C2)s1. The van der Waals surface area contributed by atoms with Gasteiger partial charge in [0.1, 0.15) is 0 Å². The van der Waals surface area contributed by atoms with Gasteiger partial charge in [0.15, 0.2) is 0 Å². The van der Waals surface area contributed by atoms with Gasteiger partial charge < -0.3 is 5.73 Å². The van der Waals surface area contributed by atoms with Gasteiger partial charge in [0.25, 0.3) is 0 Å². The third kappa shape index (κ3) is 2.80. The first kappa shape index (κ1) is 11.1. The molecule has 0 radical (unpaired) electrons. The molecule has 2 N–H and O–H groups in total. The Bertz CT molecular complexity index is 308. The first-order chi connectivity index (χ1) is 7.31. The standard InChI is InChI=1S/C12H20N2S/c1-2-11-3-4-12(15-11)9-14-6-5-10(7-13)8-14/h3-4,10H,2,5-9,13H2,1H3. The van der Waals surface area contributed by atoms with Crippen molar-refractivity contribution in [2.75, 3.05) is 19.6 Å². The molecule has 1 fully saturated rings. The quantitative estimate of drug-likeness (QED) is 0.848. The minimum Gasteiger partial charge on any atom is -0.330 e. The smallest absolute Gasteiger partial charge is 0.0328 e. The third-order valence-corrected chi connectivity index (χ3v) is 4.36. The highest BCUT2D eigenvalue weighted by Gasteiger charge is 2.21. The maximum atomic E-state index is 5.69. The van der Waals surface area contributed by atoms with Crippen LogP contribution in [0, 0.1) is 5.92 Å². The number of thiophene rings is 1. The van der Waals surface area contributed by atoms with E-state index in [2.05, 4.69) is 24.0 Å². The number of hydrogen-bond acceptors (Lipinski definition) is 3. The molecule has 2 heterocycles. The lowest BCUT2D eigenvalue weighted by molar-refractivity contribution is 0.320. The first-order valence-electron chi connectivity index (χ1n) is 5.81.